The molecule has 3 aromatic rings. The summed E-state index contributed by atoms with van der Waals surface area (Å²) in [6.07, 6.45) is 1.69. The second kappa shape index (κ2) is 7.34. The standard InChI is InChI=1S/C9H6F3N3.C5H7N3/c10-8-2-1-6(5-7(8)9(11)12)15-4-3-13-14-15;1-4-2-3-7-5(6)8-4/h1-5,9H;2-3H,1H3,(H2,6,7,8). The number of nitrogens with zero attached hydrogens (tertiary/aromatic N) is 5. The molecule has 0 aliphatic rings. The number of rotatable bonds is 2. The Morgan fingerprint density at radius 3 is 2.48 bits per heavy atom. The van der Waals surface area contributed by atoms with Crippen LogP contribution in [0.25, 0.3) is 5.69 Å². The minimum atomic E-state index is -2.84. The molecule has 0 aliphatic carbocycles. The highest BCUT2D eigenvalue weighted by molar-refractivity contribution is 5.36. The van der Waals surface area contributed by atoms with E-state index in [1.807, 2.05) is 6.92 Å². The van der Waals surface area contributed by atoms with E-state index < -0.39 is 17.8 Å². The molecule has 0 bridgehead atoms. The van der Waals surface area contributed by atoms with Gasteiger partial charge in [-0.2, -0.15) is 0 Å². The fourth-order valence-corrected chi connectivity index (χ4v) is 1.66. The normalized spacial score (nSPS) is 10.3. The van der Waals surface area contributed by atoms with Crippen molar-refractivity contribution in [1.82, 2.24) is 25.0 Å². The van der Waals surface area contributed by atoms with Gasteiger partial charge in [-0.1, -0.05) is 5.21 Å². The molecular weight excluding hydrogens is 309 g/mol. The highest BCUT2D eigenvalue weighted by Crippen LogP contribution is 2.24. The van der Waals surface area contributed by atoms with E-state index in [0.29, 0.717) is 11.6 Å². The van der Waals surface area contributed by atoms with Crippen LogP contribution in [0.4, 0.5) is 19.1 Å². The Hall–Kier alpha value is -2.97. The first-order valence-corrected chi connectivity index (χ1v) is 6.47. The molecule has 1 aromatic carbocycles. The first-order valence-electron chi connectivity index (χ1n) is 6.47. The van der Waals surface area contributed by atoms with Crippen molar-refractivity contribution in [3.8, 4) is 5.69 Å². The molecule has 2 N–H and O–H groups in total. The van der Waals surface area contributed by atoms with Crippen LogP contribution in [0.3, 0.4) is 0 Å². The average Bonchev–Trinajstić information content (AvgIpc) is 3.02. The molecule has 3 rings (SSSR count). The van der Waals surface area contributed by atoms with E-state index in [9.17, 15) is 13.2 Å². The van der Waals surface area contributed by atoms with Crippen LogP contribution in [0.5, 0.6) is 0 Å². The van der Waals surface area contributed by atoms with E-state index in [2.05, 4.69) is 20.3 Å². The van der Waals surface area contributed by atoms with Crippen LogP contribution in [0.15, 0.2) is 42.9 Å². The van der Waals surface area contributed by atoms with Gasteiger partial charge in [0, 0.05) is 11.9 Å². The van der Waals surface area contributed by atoms with Crippen LogP contribution in [-0.2, 0) is 0 Å². The van der Waals surface area contributed by atoms with Crippen LogP contribution in [0.1, 0.15) is 17.7 Å². The molecule has 0 atom stereocenters. The molecule has 6 nitrogen and oxygen atoms in total. The first kappa shape index (κ1) is 16.4. The summed E-state index contributed by atoms with van der Waals surface area (Å²) in [5, 5.41) is 7.14. The minimum absolute atomic E-state index is 0.338. The average molecular weight is 322 g/mol. The van der Waals surface area contributed by atoms with Gasteiger partial charge in [-0.3, -0.25) is 0 Å². The van der Waals surface area contributed by atoms with E-state index in [-0.39, 0.29) is 0 Å². The predicted molar refractivity (Wildman–Crippen MR) is 77.5 cm³/mol. The van der Waals surface area contributed by atoms with Gasteiger partial charge in [0.25, 0.3) is 6.43 Å². The van der Waals surface area contributed by atoms with E-state index in [1.54, 1.807) is 12.3 Å². The van der Waals surface area contributed by atoms with Gasteiger partial charge in [0.1, 0.15) is 5.82 Å². The number of aromatic nitrogens is 5. The maximum absolute atomic E-state index is 12.9. The van der Waals surface area contributed by atoms with E-state index in [1.165, 1.54) is 23.1 Å². The van der Waals surface area contributed by atoms with Crippen LogP contribution in [0.2, 0.25) is 0 Å². The van der Waals surface area contributed by atoms with Crippen molar-refractivity contribution in [2.75, 3.05) is 5.73 Å². The predicted octanol–water partition coefficient (Wildman–Crippen LogP) is 2.71. The number of alkyl halides is 2. The van der Waals surface area contributed by atoms with Gasteiger partial charge in [-0.25, -0.2) is 27.8 Å². The van der Waals surface area contributed by atoms with Crippen molar-refractivity contribution in [3.05, 3.63) is 59.9 Å². The Morgan fingerprint density at radius 2 is 1.96 bits per heavy atom. The molecule has 0 amide bonds. The van der Waals surface area contributed by atoms with E-state index in [0.717, 1.165) is 17.8 Å². The quantitative estimate of drug-likeness (QED) is 0.784. The lowest BCUT2D eigenvalue weighted by atomic mass is 10.2. The number of nitrogens with two attached hydrogens (primary N) is 1. The number of aryl methyl sites for hydroxylation is 1. The van der Waals surface area contributed by atoms with Gasteiger partial charge in [0.15, 0.2) is 0 Å². The maximum atomic E-state index is 12.9. The largest absolute Gasteiger partial charge is 0.368 e. The maximum Gasteiger partial charge on any atom is 0.266 e. The summed E-state index contributed by atoms with van der Waals surface area (Å²) in [6, 6.07) is 5.19. The Kier molecular flexibility index (Phi) is 5.23. The van der Waals surface area contributed by atoms with Gasteiger partial charge in [0.05, 0.1) is 23.6 Å². The summed E-state index contributed by atoms with van der Waals surface area (Å²) in [5.41, 5.74) is 5.85. The summed E-state index contributed by atoms with van der Waals surface area (Å²) in [6.45, 7) is 1.87. The zero-order chi connectivity index (χ0) is 16.8. The van der Waals surface area contributed by atoms with E-state index >= 15 is 0 Å². The topological polar surface area (TPSA) is 82.5 Å². The van der Waals surface area contributed by atoms with Crippen LogP contribution >= 0.6 is 0 Å². The van der Waals surface area contributed by atoms with Crippen molar-refractivity contribution in [3.63, 3.8) is 0 Å². The van der Waals surface area contributed by atoms with E-state index in [4.69, 9.17) is 5.73 Å². The molecule has 0 radical (unpaired) electrons. The third-order valence-corrected chi connectivity index (χ3v) is 2.72. The summed E-state index contributed by atoms with van der Waals surface area (Å²) in [4.78, 5) is 7.55. The molecule has 23 heavy (non-hydrogen) atoms. The SMILES string of the molecule is Cc1ccnc(N)n1.Fc1ccc(-n2ccnn2)cc1C(F)F. The number of anilines is 1. The number of halogens is 3. The third-order valence-electron chi connectivity index (χ3n) is 2.72. The second-order valence-electron chi connectivity index (χ2n) is 4.41. The lowest BCUT2D eigenvalue weighted by Crippen LogP contribution is -1.98. The van der Waals surface area contributed by atoms with Crippen molar-refractivity contribution < 1.29 is 13.2 Å². The van der Waals surface area contributed by atoms with Crippen molar-refractivity contribution in [2.24, 2.45) is 0 Å². The van der Waals surface area contributed by atoms with Gasteiger partial charge < -0.3 is 5.73 Å². The van der Waals surface area contributed by atoms with Crippen molar-refractivity contribution in [1.29, 1.82) is 0 Å². The second-order valence-corrected chi connectivity index (χ2v) is 4.41. The molecule has 0 unspecified atom stereocenters. The number of hydrogen-bond donors (Lipinski definition) is 1. The van der Waals surface area contributed by atoms with Gasteiger partial charge in [0.2, 0.25) is 5.95 Å². The summed E-state index contributed by atoms with van der Waals surface area (Å²) in [5.74, 6) is -0.584. The molecular formula is C14H13F3N6. The van der Waals surface area contributed by atoms with Crippen molar-refractivity contribution >= 4 is 5.95 Å². The fourth-order valence-electron chi connectivity index (χ4n) is 1.66. The summed E-state index contributed by atoms with van der Waals surface area (Å²) >= 11 is 0. The summed E-state index contributed by atoms with van der Waals surface area (Å²) in [7, 11) is 0. The molecule has 0 spiro atoms. The lowest BCUT2D eigenvalue weighted by Gasteiger charge is -2.05. The number of nitrogen functional groups attached to an aromatic ring is 1. The lowest BCUT2D eigenvalue weighted by molar-refractivity contribution is 0.146. The number of benzene rings is 1. The fraction of sp³-hybridized carbons (Fsp3) is 0.143. The van der Waals surface area contributed by atoms with Crippen LogP contribution in [0, 0.1) is 12.7 Å². The Labute approximate surface area is 129 Å². The van der Waals surface area contributed by atoms with Gasteiger partial charge in [-0.15, -0.1) is 5.10 Å². The Bertz CT molecular complexity index is 744. The molecule has 0 saturated heterocycles. The highest BCUT2D eigenvalue weighted by atomic mass is 19.3. The number of hydrogen-bond acceptors (Lipinski definition) is 5. The monoisotopic (exact) mass is 322 g/mol. The molecule has 2 aromatic heterocycles. The zero-order valence-electron chi connectivity index (χ0n) is 12.1. The highest BCUT2D eigenvalue weighted by Gasteiger charge is 2.14. The third kappa shape index (κ3) is 4.50. The van der Waals surface area contributed by atoms with Crippen LogP contribution < -0.4 is 5.73 Å². The molecule has 0 fully saturated rings. The Balaban J connectivity index is 0.000000203. The molecule has 120 valence electrons. The van der Waals surface area contributed by atoms with Crippen LogP contribution in [-0.4, -0.2) is 25.0 Å². The van der Waals surface area contributed by atoms with Crippen molar-refractivity contribution in [2.45, 2.75) is 13.3 Å². The molecule has 0 aliphatic heterocycles. The molecule has 9 heteroatoms. The van der Waals surface area contributed by atoms with Gasteiger partial charge in [-0.05, 0) is 31.2 Å². The Morgan fingerprint density at radius 1 is 1.17 bits per heavy atom. The zero-order valence-corrected chi connectivity index (χ0v) is 12.1. The van der Waals surface area contributed by atoms with Gasteiger partial charge >= 0.3 is 0 Å². The summed E-state index contributed by atoms with van der Waals surface area (Å²) < 4.78 is 38.9. The molecule has 0 saturated carbocycles. The first-order chi connectivity index (χ1) is 11.0. The molecule has 2 heterocycles. The smallest absolute Gasteiger partial charge is 0.266 e. The minimum Gasteiger partial charge on any atom is -0.368 e.